The topological polar surface area (TPSA) is 9.23 Å². The molecule has 0 unspecified atom stereocenters. The van der Waals surface area contributed by atoms with Crippen molar-refractivity contribution < 1.29 is 13.5 Å². The monoisotopic (exact) mass is 182 g/mol. The Kier molecular flexibility index (Phi) is 3.27. The summed E-state index contributed by atoms with van der Waals surface area (Å²) >= 11 is 0. The third kappa shape index (κ3) is 3.12. The molecule has 0 atom stereocenters. The van der Waals surface area contributed by atoms with Crippen LogP contribution in [0.2, 0.25) is 0 Å². The van der Waals surface area contributed by atoms with Gasteiger partial charge in [-0.05, 0) is 18.2 Å². The highest BCUT2D eigenvalue weighted by Crippen LogP contribution is 2.13. The highest BCUT2D eigenvalue weighted by atomic mass is 19.3. The van der Waals surface area contributed by atoms with Crippen molar-refractivity contribution in [3.8, 4) is 18.1 Å². The quantitative estimate of drug-likeness (QED) is 0.652. The van der Waals surface area contributed by atoms with Gasteiger partial charge in [-0.3, -0.25) is 0 Å². The smallest absolute Gasteiger partial charge is 0.272 e. The lowest BCUT2D eigenvalue weighted by molar-refractivity contribution is 0.0819. The summed E-state index contributed by atoms with van der Waals surface area (Å²) in [5.74, 6) is 2.76. The van der Waals surface area contributed by atoms with E-state index in [1.54, 1.807) is 24.3 Å². The number of terminal acetylenes is 1. The Morgan fingerprint density at radius 3 is 2.85 bits per heavy atom. The Balaban J connectivity index is 2.63. The minimum atomic E-state index is -2.46. The van der Waals surface area contributed by atoms with Crippen molar-refractivity contribution in [1.82, 2.24) is 0 Å². The molecular formula is C10H8F2O. The molecule has 0 bridgehead atoms. The third-order valence-corrected chi connectivity index (χ3v) is 1.38. The van der Waals surface area contributed by atoms with Crippen LogP contribution >= 0.6 is 0 Å². The van der Waals surface area contributed by atoms with Gasteiger partial charge >= 0.3 is 0 Å². The molecule has 0 aliphatic rings. The lowest BCUT2D eigenvalue weighted by Gasteiger charge is -2.04. The van der Waals surface area contributed by atoms with E-state index in [0.717, 1.165) is 0 Å². The maximum Gasteiger partial charge on any atom is 0.272 e. The number of hydrogen-bond donors (Lipinski definition) is 0. The molecule has 0 radical (unpaired) electrons. The first-order valence-electron chi connectivity index (χ1n) is 3.70. The Hall–Kier alpha value is -1.56. The molecular weight excluding hydrogens is 174 g/mol. The summed E-state index contributed by atoms with van der Waals surface area (Å²) in [5.41, 5.74) is 0.617. The molecule has 0 aliphatic heterocycles. The molecule has 1 rings (SSSR count). The van der Waals surface area contributed by atoms with E-state index in [0.29, 0.717) is 11.3 Å². The molecule has 0 fully saturated rings. The van der Waals surface area contributed by atoms with Crippen molar-refractivity contribution >= 4 is 0 Å². The van der Waals surface area contributed by atoms with Crippen molar-refractivity contribution in [1.29, 1.82) is 0 Å². The van der Waals surface area contributed by atoms with Crippen LogP contribution in [0.5, 0.6) is 5.75 Å². The van der Waals surface area contributed by atoms with Crippen LogP contribution in [-0.2, 0) is 0 Å². The zero-order valence-corrected chi connectivity index (χ0v) is 6.84. The molecule has 0 saturated heterocycles. The van der Waals surface area contributed by atoms with E-state index in [1.807, 2.05) is 0 Å². The van der Waals surface area contributed by atoms with E-state index in [-0.39, 0.29) is 0 Å². The van der Waals surface area contributed by atoms with Gasteiger partial charge in [0.05, 0.1) is 0 Å². The standard InChI is InChI=1S/C10H8F2O/c1-2-8-4-3-5-9(6-8)13-7-10(11)12/h1,3-6,10H,7H2. The van der Waals surface area contributed by atoms with E-state index >= 15 is 0 Å². The molecule has 1 nitrogen and oxygen atoms in total. The number of rotatable bonds is 3. The largest absolute Gasteiger partial charge is 0.488 e. The second kappa shape index (κ2) is 4.46. The fourth-order valence-electron chi connectivity index (χ4n) is 0.835. The van der Waals surface area contributed by atoms with Crippen LogP contribution in [0.15, 0.2) is 24.3 Å². The third-order valence-electron chi connectivity index (χ3n) is 1.38. The van der Waals surface area contributed by atoms with Gasteiger partial charge < -0.3 is 4.74 Å². The molecule has 0 spiro atoms. The summed E-state index contributed by atoms with van der Waals surface area (Å²) in [6, 6.07) is 6.50. The first-order valence-corrected chi connectivity index (χ1v) is 3.70. The Labute approximate surface area is 75.3 Å². The molecule has 0 saturated carbocycles. The summed E-state index contributed by atoms with van der Waals surface area (Å²) in [7, 11) is 0. The van der Waals surface area contributed by atoms with E-state index < -0.39 is 13.0 Å². The van der Waals surface area contributed by atoms with Gasteiger partial charge in [0.25, 0.3) is 6.43 Å². The van der Waals surface area contributed by atoms with Crippen LogP contribution in [-0.4, -0.2) is 13.0 Å². The van der Waals surface area contributed by atoms with Gasteiger partial charge in [0, 0.05) is 5.56 Å². The predicted molar refractivity (Wildman–Crippen MR) is 45.9 cm³/mol. The fourth-order valence-corrected chi connectivity index (χ4v) is 0.835. The predicted octanol–water partition coefficient (Wildman–Crippen LogP) is 2.31. The maximum absolute atomic E-state index is 11.7. The van der Waals surface area contributed by atoms with Crippen LogP contribution in [0.3, 0.4) is 0 Å². The Morgan fingerprint density at radius 1 is 1.46 bits per heavy atom. The van der Waals surface area contributed by atoms with E-state index in [1.165, 1.54) is 0 Å². The van der Waals surface area contributed by atoms with Crippen LogP contribution in [0.25, 0.3) is 0 Å². The molecule has 0 aromatic heterocycles. The molecule has 0 N–H and O–H groups in total. The summed E-state index contributed by atoms with van der Waals surface area (Å²) < 4.78 is 28.2. The molecule has 0 aliphatic carbocycles. The van der Waals surface area contributed by atoms with E-state index in [2.05, 4.69) is 5.92 Å². The van der Waals surface area contributed by atoms with Crippen molar-refractivity contribution in [3.05, 3.63) is 29.8 Å². The van der Waals surface area contributed by atoms with Crippen LogP contribution in [0.1, 0.15) is 5.56 Å². The van der Waals surface area contributed by atoms with Gasteiger partial charge in [-0.2, -0.15) is 0 Å². The van der Waals surface area contributed by atoms with E-state index in [9.17, 15) is 8.78 Å². The average molecular weight is 182 g/mol. The van der Waals surface area contributed by atoms with Crippen molar-refractivity contribution in [2.75, 3.05) is 6.61 Å². The van der Waals surface area contributed by atoms with Gasteiger partial charge in [-0.25, -0.2) is 8.78 Å². The van der Waals surface area contributed by atoms with Gasteiger partial charge in [0.1, 0.15) is 12.4 Å². The number of hydrogen-bond acceptors (Lipinski definition) is 1. The fraction of sp³-hybridized carbons (Fsp3) is 0.200. The van der Waals surface area contributed by atoms with Crippen LogP contribution in [0.4, 0.5) is 8.78 Å². The molecule has 68 valence electrons. The molecule has 13 heavy (non-hydrogen) atoms. The lowest BCUT2D eigenvalue weighted by Crippen LogP contribution is -2.06. The summed E-state index contributed by atoms with van der Waals surface area (Å²) in [6.45, 7) is -0.603. The Morgan fingerprint density at radius 2 is 2.23 bits per heavy atom. The second-order valence-electron chi connectivity index (χ2n) is 2.37. The molecule has 0 heterocycles. The van der Waals surface area contributed by atoms with Gasteiger partial charge in [0.2, 0.25) is 0 Å². The summed E-state index contributed by atoms with van der Waals surface area (Å²) in [5, 5.41) is 0. The molecule has 0 amide bonds. The zero-order chi connectivity index (χ0) is 9.68. The normalized spacial score (nSPS) is 9.69. The molecule has 3 heteroatoms. The molecule has 1 aromatic rings. The first-order chi connectivity index (χ1) is 6.22. The summed E-state index contributed by atoms with van der Waals surface area (Å²) in [4.78, 5) is 0. The highest BCUT2D eigenvalue weighted by Gasteiger charge is 2.02. The number of alkyl halides is 2. The first kappa shape index (κ1) is 9.53. The Bertz CT molecular complexity index is 315. The van der Waals surface area contributed by atoms with Crippen LogP contribution in [0, 0.1) is 12.3 Å². The van der Waals surface area contributed by atoms with Crippen molar-refractivity contribution in [2.24, 2.45) is 0 Å². The lowest BCUT2D eigenvalue weighted by atomic mass is 10.2. The number of ether oxygens (including phenoxy) is 1. The van der Waals surface area contributed by atoms with Crippen molar-refractivity contribution in [2.45, 2.75) is 6.43 Å². The van der Waals surface area contributed by atoms with E-state index in [4.69, 9.17) is 11.2 Å². The SMILES string of the molecule is C#Cc1cccc(OCC(F)F)c1. The highest BCUT2D eigenvalue weighted by molar-refractivity contribution is 5.38. The number of halogens is 2. The second-order valence-corrected chi connectivity index (χ2v) is 2.37. The van der Waals surface area contributed by atoms with Crippen LogP contribution < -0.4 is 4.74 Å². The molecule has 1 aromatic carbocycles. The van der Waals surface area contributed by atoms with Gasteiger partial charge in [-0.15, -0.1) is 6.42 Å². The zero-order valence-electron chi connectivity index (χ0n) is 6.84. The number of benzene rings is 1. The minimum Gasteiger partial charge on any atom is -0.488 e. The van der Waals surface area contributed by atoms with Gasteiger partial charge in [-0.1, -0.05) is 12.0 Å². The van der Waals surface area contributed by atoms with Gasteiger partial charge in [0.15, 0.2) is 0 Å². The minimum absolute atomic E-state index is 0.371. The van der Waals surface area contributed by atoms with Crippen molar-refractivity contribution in [3.63, 3.8) is 0 Å². The maximum atomic E-state index is 11.7. The average Bonchev–Trinajstić information content (AvgIpc) is 2.15. The summed E-state index contributed by atoms with van der Waals surface area (Å²) in [6.07, 6.45) is 2.66.